The van der Waals surface area contributed by atoms with E-state index in [0.29, 0.717) is 0 Å². The second kappa shape index (κ2) is 5.41. The molecule has 1 nitrogen and oxygen atoms in total. The number of allylic oxidation sites excluding steroid dienone is 7. The van der Waals surface area contributed by atoms with E-state index in [2.05, 4.69) is 43.1 Å². The summed E-state index contributed by atoms with van der Waals surface area (Å²) < 4.78 is 0. The smallest absolute Gasteiger partial charge is 0.0365 e. The summed E-state index contributed by atoms with van der Waals surface area (Å²) in [4.78, 5) is 2.33. The van der Waals surface area contributed by atoms with Crippen molar-refractivity contribution in [2.45, 2.75) is 13.8 Å². The molecule has 0 aromatic rings. The number of likely N-dealkylation sites (N-methyl/N-ethyl adjacent to an activating group) is 1. The van der Waals surface area contributed by atoms with Gasteiger partial charge in [-0.3, -0.25) is 0 Å². The van der Waals surface area contributed by atoms with Crippen LogP contribution in [0, 0.1) is 0 Å². The van der Waals surface area contributed by atoms with Gasteiger partial charge in [-0.2, -0.15) is 0 Å². The van der Waals surface area contributed by atoms with Crippen LogP contribution < -0.4 is 0 Å². The number of nitrogens with zero attached hydrogens (tertiary/aromatic N) is 1. The molecule has 13 heavy (non-hydrogen) atoms. The van der Waals surface area contributed by atoms with Gasteiger partial charge in [0, 0.05) is 18.8 Å². The molecule has 0 amide bonds. The summed E-state index contributed by atoms with van der Waals surface area (Å²) in [6.45, 7) is 6.47. The lowest BCUT2D eigenvalue weighted by molar-refractivity contribution is 0.394. The van der Waals surface area contributed by atoms with E-state index in [1.54, 1.807) is 0 Å². The van der Waals surface area contributed by atoms with Crippen LogP contribution in [0.15, 0.2) is 48.2 Å². The van der Waals surface area contributed by atoms with Crippen molar-refractivity contribution >= 4 is 0 Å². The molecule has 0 N–H and O–H groups in total. The Bertz CT molecular complexity index is 252. The van der Waals surface area contributed by atoms with Gasteiger partial charge >= 0.3 is 0 Å². The average molecular weight is 175 g/mol. The maximum atomic E-state index is 2.33. The molecule has 70 valence electrons. The lowest BCUT2D eigenvalue weighted by Gasteiger charge is -2.21. The molecule has 1 aliphatic rings. The molecule has 0 spiro atoms. The maximum absolute atomic E-state index is 2.33. The van der Waals surface area contributed by atoms with Crippen LogP contribution >= 0.6 is 0 Å². The van der Waals surface area contributed by atoms with E-state index in [-0.39, 0.29) is 0 Å². The molecule has 0 aliphatic heterocycles. The monoisotopic (exact) mass is 175 g/mol. The first-order valence-corrected chi connectivity index (χ1v) is 4.85. The van der Waals surface area contributed by atoms with Gasteiger partial charge in [0.2, 0.25) is 0 Å². The third kappa shape index (κ3) is 2.94. The standard InChI is InChI=1S/C12H17N/c1-3-13(4-2)12-10-8-6-5-7-9-11-12/h5-11H,3-4H2,1-2H3/b6-5-,7-5?,8-6?,9-7-,10-8-,11-9?,12-10?,12-11+. The predicted molar refractivity (Wildman–Crippen MR) is 58.4 cm³/mol. The zero-order valence-electron chi connectivity index (χ0n) is 8.40. The van der Waals surface area contributed by atoms with Crippen LogP contribution in [-0.2, 0) is 0 Å². The first-order chi connectivity index (χ1) is 6.38. The molecular weight excluding hydrogens is 158 g/mol. The highest BCUT2D eigenvalue weighted by molar-refractivity contribution is 5.30. The van der Waals surface area contributed by atoms with E-state index in [1.807, 2.05) is 18.2 Å². The quantitative estimate of drug-likeness (QED) is 0.637. The Kier molecular flexibility index (Phi) is 4.10. The minimum atomic E-state index is 1.06. The van der Waals surface area contributed by atoms with Gasteiger partial charge in [-0.15, -0.1) is 0 Å². The lowest BCUT2D eigenvalue weighted by Crippen LogP contribution is -2.20. The summed E-state index contributed by atoms with van der Waals surface area (Å²) in [5.41, 5.74) is 1.28. The Morgan fingerprint density at radius 1 is 0.923 bits per heavy atom. The molecule has 0 unspecified atom stereocenters. The van der Waals surface area contributed by atoms with Crippen LogP contribution in [0.1, 0.15) is 13.8 Å². The van der Waals surface area contributed by atoms with Crippen molar-refractivity contribution in [1.29, 1.82) is 0 Å². The fraction of sp³-hybridized carbons (Fsp3) is 0.333. The first-order valence-electron chi connectivity index (χ1n) is 4.85. The van der Waals surface area contributed by atoms with Crippen LogP contribution in [0.5, 0.6) is 0 Å². The first kappa shape index (κ1) is 9.85. The van der Waals surface area contributed by atoms with Gasteiger partial charge in [-0.05, 0) is 26.0 Å². The molecule has 0 aromatic heterocycles. The summed E-state index contributed by atoms with van der Waals surface area (Å²) in [5.74, 6) is 0. The third-order valence-electron chi connectivity index (χ3n) is 2.11. The molecule has 0 bridgehead atoms. The zero-order chi connectivity index (χ0) is 9.52. The molecule has 1 rings (SSSR count). The Morgan fingerprint density at radius 2 is 1.54 bits per heavy atom. The Morgan fingerprint density at radius 3 is 2.23 bits per heavy atom. The Hall–Kier alpha value is -1.24. The molecule has 0 radical (unpaired) electrons. The molecule has 0 fully saturated rings. The van der Waals surface area contributed by atoms with Crippen molar-refractivity contribution in [1.82, 2.24) is 4.90 Å². The number of hydrogen-bond donors (Lipinski definition) is 0. The highest BCUT2D eigenvalue weighted by atomic mass is 15.1. The van der Waals surface area contributed by atoms with Gasteiger partial charge in [0.1, 0.15) is 0 Å². The third-order valence-corrected chi connectivity index (χ3v) is 2.11. The SMILES string of the molecule is CCN(CC)C1=C/C=C\C=C/C=C\1. The van der Waals surface area contributed by atoms with E-state index in [0.717, 1.165) is 13.1 Å². The summed E-state index contributed by atoms with van der Waals surface area (Å²) in [6.07, 6.45) is 14.6. The van der Waals surface area contributed by atoms with Gasteiger partial charge in [-0.25, -0.2) is 0 Å². The summed E-state index contributed by atoms with van der Waals surface area (Å²) >= 11 is 0. The molecule has 0 heterocycles. The fourth-order valence-corrected chi connectivity index (χ4v) is 1.36. The normalized spacial score (nSPS) is 26.5. The largest absolute Gasteiger partial charge is 0.372 e. The van der Waals surface area contributed by atoms with Gasteiger partial charge in [0.05, 0.1) is 0 Å². The molecule has 0 saturated carbocycles. The average Bonchev–Trinajstić information content (AvgIpc) is 2.09. The number of hydrogen-bond acceptors (Lipinski definition) is 1. The van der Waals surface area contributed by atoms with Crippen molar-refractivity contribution in [3.8, 4) is 0 Å². The van der Waals surface area contributed by atoms with Gasteiger partial charge in [0.25, 0.3) is 0 Å². The molecule has 0 aromatic carbocycles. The minimum Gasteiger partial charge on any atom is -0.372 e. The van der Waals surface area contributed by atoms with E-state index < -0.39 is 0 Å². The Labute approximate surface area is 80.7 Å². The number of rotatable bonds is 3. The van der Waals surface area contributed by atoms with E-state index >= 15 is 0 Å². The second-order valence-electron chi connectivity index (χ2n) is 2.89. The minimum absolute atomic E-state index is 1.06. The van der Waals surface area contributed by atoms with Crippen LogP contribution in [0.2, 0.25) is 0 Å². The lowest BCUT2D eigenvalue weighted by atomic mass is 10.2. The second-order valence-corrected chi connectivity index (χ2v) is 2.89. The maximum Gasteiger partial charge on any atom is 0.0365 e. The summed E-state index contributed by atoms with van der Waals surface area (Å²) in [7, 11) is 0. The molecule has 1 aliphatic carbocycles. The molecule has 0 atom stereocenters. The molecule has 1 heteroatoms. The van der Waals surface area contributed by atoms with Gasteiger partial charge in [-0.1, -0.05) is 30.4 Å². The van der Waals surface area contributed by atoms with Crippen LogP contribution in [0.3, 0.4) is 0 Å². The topological polar surface area (TPSA) is 3.24 Å². The highest BCUT2D eigenvalue weighted by Crippen LogP contribution is 2.07. The summed E-state index contributed by atoms with van der Waals surface area (Å²) in [5, 5.41) is 0. The summed E-state index contributed by atoms with van der Waals surface area (Å²) in [6, 6.07) is 0. The van der Waals surface area contributed by atoms with E-state index in [1.165, 1.54) is 5.70 Å². The van der Waals surface area contributed by atoms with Crippen molar-refractivity contribution in [2.75, 3.05) is 13.1 Å². The van der Waals surface area contributed by atoms with Crippen LogP contribution in [-0.4, -0.2) is 18.0 Å². The fourth-order valence-electron chi connectivity index (χ4n) is 1.36. The Balaban J connectivity index is 2.76. The van der Waals surface area contributed by atoms with Gasteiger partial charge in [0.15, 0.2) is 0 Å². The molecular formula is C12H17N. The van der Waals surface area contributed by atoms with E-state index in [4.69, 9.17) is 0 Å². The highest BCUT2D eigenvalue weighted by Gasteiger charge is 1.99. The van der Waals surface area contributed by atoms with Crippen molar-refractivity contribution in [3.63, 3.8) is 0 Å². The van der Waals surface area contributed by atoms with Crippen molar-refractivity contribution < 1.29 is 0 Å². The molecule has 0 saturated heterocycles. The zero-order valence-corrected chi connectivity index (χ0v) is 8.40. The van der Waals surface area contributed by atoms with Crippen molar-refractivity contribution in [3.05, 3.63) is 48.2 Å². The van der Waals surface area contributed by atoms with Crippen molar-refractivity contribution in [2.24, 2.45) is 0 Å². The van der Waals surface area contributed by atoms with Crippen LogP contribution in [0.4, 0.5) is 0 Å². The van der Waals surface area contributed by atoms with Gasteiger partial charge < -0.3 is 4.90 Å². The van der Waals surface area contributed by atoms with Crippen LogP contribution in [0.25, 0.3) is 0 Å². The van der Waals surface area contributed by atoms with E-state index in [9.17, 15) is 0 Å². The predicted octanol–water partition coefficient (Wildman–Crippen LogP) is 2.89.